The summed E-state index contributed by atoms with van der Waals surface area (Å²) in [6.07, 6.45) is 0. The van der Waals surface area contributed by atoms with Crippen LogP contribution in [0.4, 0.5) is 0 Å². The van der Waals surface area contributed by atoms with E-state index in [9.17, 15) is 0 Å². The maximum Gasteiger partial charge on any atom is 2.00 e. The van der Waals surface area contributed by atoms with Crippen LogP contribution in [0.5, 0.6) is 0 Å². The minimum atomic E-state index is 0. The van der Waals surface area contributed by atoms with Crippen LogP contribution in [-0.4, -0.2) is 14.9 Å². The minimum Gasteiger partial charge on any atom is -1.00 e. The van der Waals surface area contributed by atoms with Gasteiger partial charge in [-0.2, -0.15) is 5.10 Å². The van der Waals surface area contributed by atoms with Crippen molar-refractivity contribution in [2.24, 2.45) is 5.73 Å². The molecule has 0 aliphatic heterocycles. The van der Waals surface area contributed by atoms with Crippen molar-refractivity contribution in [3.8, 4) is 0 Å². The Bertz CT molecular complexity index is 277. The Kier molecular flexibility index (Phi) is 11.3. The summed E-state index contributed by atoms with van der Waals surface area (Å²) in [6, 6.07) is 1.93. The number of nitrogens with two attached hydrogens (primary N) is 1. The van der Waals surface area contributed by atoms with Gasteiger partial charge in [0.2, 0.25) is 0 Å². The molecule has 0 radical (unpaired) electrons. The molecule has 0 atom stereocenters. The Labute approximate surface area is 109 Å². The summed E-state index contributed by atoms with van der Waals surface area (Å²) in [7, 11) is 0. The van der Waals surface area contributed by atoms with Gasteiger partial charge in [0.1, 0.15) is 0 Å². The third kappa shape index (κ3) is 4.94. The zero-order chi connectivity index (χ0) is 7.72. The maximum atomic E-state index is 5.36. The topological polar surface area (TPSA) is 43.8 Å². The van der Waals surface area contributed by atoms with E-state index in [1.807, 2.05) is 19.9 Å². The van der Waals surface area contributed by atoms with Gasteiger partial charge < -0.3 is 30.5 Å². The van der Waals surface area contributed by atoms with E-state index in [0.29, 0.717) is 5.11 Å². The third-order valence-corrected chi connectivity index (χ3v) is 1.39. The van der Waals surface area contributed by atoms with E-state index in [2.05, 4.69) is 5.10 Å². The first-order chi connectivity index (χ1) is 4.61. The van der Waals surface area contributed by atoms with Crippen LogP contribution < -0.4 is 30.5 Å². The van der Waals surface area contributed by atoms with Gasteiger partial charge in [0, 0.05) is 5.69 Å². The summed E-state index contributed by atoms with van der Waals surface area (Å²) in [5.74, 6) is 0. The van der Waals surface area contributed by atoms with E-state index in [0.717, 1.165) is 11.4 Å². The monoisotopic (exact) mass is 331 g/mol. The summed E-state index contributed by atoms with van der Waals surface area (Å²) >= 11 is 4.74. The van der Waals surface area contributed by atoms with Crippen LogP contribution in [0, 0.1) is 13.8 Å². The number of aromatic nitrogens is 2. The summed E-state index contributed by atoms with van der Waals surface area (Å²) < 4.78 is 1.55. The van der Waals surface area contributed by atoms with E-state index < -0.39 is 0 Å². The molecule has 1 aromatic rings. The fraction of sp³-hybridized carbons (Fsp3) is 0.333. The van der Waals surface area contributed by atoms with Gasteiger partial charge in [-0.25, -0.2) is 4.68 Å². The summed E-state index contributed by atoms with van der Waals surface area (Å²) in [6.45, 7) is 3.82. The third-order valence-electron chi connectivity index (χ3n) is 1.22. The number of hydrogen-bond donors (Lipinski definition) is 1. The second-order valence-corrected chi connectivity index (χ2v) is 2.60. The molecule has 78 valence electrons. The molecule has 3 nitrogen and oxygen atoms in total. The van der Waals surface area contributed by atoms with E-state index in [-0.39, 0.29) is 45.2 Å². The molecular formula is C6H9Cl2N3PdS. The van der Waals surface area contributed by atoms with E-state index in [1.165, 1.54) is 0 Å². The van der Waals surface area contributed by atoms with E-state index in [4.69, 9.17) is 18.0 Å². The molecule has 0 spiro atoms. The number of rotatable bonds is 0. The molecule has 0 amide bonds. The van der Waals surface area contributed by atoms with Gasteiger partial charge >= 0.3 is 20.4 Å². The number of halogens is 2. The Hall–Kier alpha value is 0.342. The molecule has 7 heteroatoms. The first kappa shape index (κ1) is 19.0. The van der Waals surface area contributed by atoms with Crippen molar-refractivity contribution in [3.63, 3.8) is 0 Å². The van der Waals surface area contributed by atoms with Gasteiger partial charge in [0.05, 0.1) is 5.69 Å². The quantitative estimate of drug-likeness (QED) is 0.381. The molecule has 13 heavy (non-hydrogen) atoms. The molecule has 2 N–H and O–H groups in total. The summed E-state index contributed by atoms with van der Waals surface area (Å²) in [4.78, 5) is 0. The van der Waals surface area contributed by atoms with Crippen LogP contribution in [0.25, 0.3) is 0 Å². The molecular weight excluding hydrogens is 323 g/mol. The fourth-order valence-electron chi connectivity index (χ4n) is 0.852. The SMILES string of the molecule is Cc1cc(C)n(C(N)=S)n1.[Cl-].[Cl-].[Pd+2]. The Balaban J connectivity index is -0.000000333. The molecule has 0 fully saturated rings. The minimum absolute atomic E-state index is 0. The number of thiocarbonyl (C=S) groups is 1. The molecule has 0 aromatic carbocycles. The number of nitrogens with zero attached hydrogens (tertiary/aromatic N) is 2. The van der Waals surface area contributed by atoms with Crippen molar-refractivity contribution in [2.75, 3.05) is 0 Å². The average molecular weight is 333 g/mol. The standard InChI is InChI=1S/C6H9N3S.2ClH.Pd/c1-4-3-5(2)9(8-4)6(7)10;;;/h3H,1-2H3,(H2,7,10);2*1H;/q;;;+2/p-2. The van der Waals surface area contributed by atoms with Crippen LogP contribution in [0.15, 0.2) is 6.07 Å². The molecule has 0 unspecified atom stereocenters. The molecule has 1 heterocycles. The molecule has 1 aromatic heterocycles. The van der Waals surface area contributed by atoms with Gasteiger partial charge in [-0.1, -0.05) is 0 Å². The summed E-state index contributed by atoms with van der Waals surface area (Å²) in [5, 5.41) is 4.36. The van der Waals surface area contributed by atoms with E-state index >= 15 is 0 Å². The van der Waals surface area contributed by atoms with Crippen molar-refractivity contribution in [1.29, 1.82) is 0 Å². The van der Waals surface area contributed by atoms with Gasteiger partial charge in [0.15, 0.2) is 5.11 Å². The van der Waals surface area contributed by atoms with Crippen LogP contribution in [0.2, 0.25) is 0 Å². The first-order valence-corrected chi connectivity index (χ1v) is 3.35. The smallest absolute Gasteiger partial charge is 1.00 e. The van der Waals surface area contributed by atoms with Crippen LogP contribution in [0.3, 0.4) is 0 Å². The van der Waals surface area contributed by atoms with Crippen LogP contribution in [0.1, 0.15) is 11.4 Å². The van der Waals surface area contributed by atoms with Crippen molar-refractivity contribution in [1.82, 2.24) is 9.78 Å². The molecule has 0 aliphatic rings. The second kappa shape index (κ2) is 7.72. The zero-order valence-corrected chi connectivity index (χ0v) is 10.9. The van der Waals surface area contributed by atoms with Crippen molar-refractivity contribution in [3.05, 3.63) is 17.5 Å². The van der Waals surface area contributed by atoms with Gasteiger partial charge in [0.25, 0.3) is 0 Å². The normalized spacial score (nSPS) is 7.54. The second-order valence-electron chi connectivity index (χ2n) is 2.18. The predicted molar refractivity (Wildman–Crippen MR) is 43.9 cm³/mol. The zero-order valence-electron chi connectivity index (χ0n) is 7.03. The molecule has 0 saturated carbocycles. The number of hydrogen-bond acceptors (Lipinski definition) is 2. The molecule has 0 aliphatic carbocycles. The predicted octanol–water partition coefficient (Wildman–Crippen LogP) is -5.40. The first-order valence-electron chi connectivity index (χ1n) is 2.94. The van der Waals surface area contributed by atoms with Crippen LogP contribution in [-0.2, 0) is 20.4 Å². The largest absolute Gasteiger partial charge is 2.00 e. The Morgan fingerprint density at radius 3 is 2.08 bits per heavy atom. The Morgan fingerprint density at radius 2 is 1.92 bits per heavy atom. The van der Waals surface area contributed by atoms with Crippen molar-refractivity contribution >= 4 is 17.3 Å². The average Bonchev–Trinajstić information content (AvgIpc) is 2.10. The van der Waals surface area contributed by atoms with Crippen LogP contribution >= 0.6 is 12.2 Å². The van der Waals surface area contributed by atoms with Gasteiger partial charge in [-0.3, -0.25) is 0 Å². The van der Waals surface area contributed by atoms with Crippen molar-refractivity contribution in [2.45, 2.75) is 13.8 Å². The molecule has 1 rings (SSSR count). The van der Waals surface area contributed by atoms with Crippen molar-refractivity contribution < 1.29 is 45.2 Å². The van der Waals surface area contributed by atoms with E-state index in [1.54, 1.807) is 4.68 Å². The van der Waals surface area contributed by atoms with Gasteiger partial charge in [-0.15, -0.1) is 0 Å². The molecule has 0 saturated heterocycles. The maximum absolute atomic E-state index is 5.36. The molecule has 0 bridgehead atoms. The fourth-order valence-corrected chi connectivity index (χ4v) is 1.04. The summed E-state index contributed by atoms with van der Waals surface area (Å²) in [5.41, 5.74) is 7.27. The number of aryl methyl sites for hydroxylation is 2. The van der Waals surface area contributed by atoms with Gasteiger partial charge in [-0.05, 0) is 32.1 Å². The Morgan fingerprint density at radius 1 is 1.46 bits per heavy atom.